The van der Waals surface area contributed by atoms with Gasteiger partial charge in [0.05, 0.1) is 17.6 Å². The van der Waals surface area contributed by atoms with Gasteiger partial charge in [0.15, 0.2) is 0 Å². The molecule has 0 bridgehead atoms. The van der Waals surface area contributed by atoms with Gasteiger partial charge in [-0.2, -0.15) is 0 Å². The maximum atomic E-state index is 12.8. The Bertz CT molecular complexity index is 1210. The fourth-order valence-electron chi connectivity index (χ4n) is 4.43. The zero-order valence-corrected chi connectivity index (χ0v) is 18.3. The molecule has 0 radical (unpaired) electrons. The molecule has 1 saturated heterocycles. The minimum atomic E-state index is 0.0770. The molecule has 1 amide bonds. The maximum absolute atomic E-state index is 12.8. The summed E-state index contributed by atoms with van der Waals surface area (Å²) in [6.07, 6.45) is 1.35. The van der Waals surface area contributed by atoms with E-state index in [2.05, 4.69) is 29.7 Å². The molecule has 5 nitrogen and oxygen atoms in total. The van der Waals surface area contributed by atoms with Crippen molar-refractivity contribution in [2.75, 3.05) is 18.1 Å². The highest BCUT2D eigenvalue weighted by Crippen LogP contribution is 2.33. The number of hydrogen-bond donors (Lipinski definition) is 0. The molecule has 5 rings (SSSR count). The third-order valence-electron chi connectivity index (χ3n) is 6.06. The number of hydrogen-bond acceptors (Lipinski definition) is 3. The number of rotatable bonds is 7. The summed E-state index contributed by atoms with van der Waals surface area (Å²) in [4.78, 5) is 19.6. The number of imidazole rings is 1. The minimum Gasteiger partial charge on any atom is -0.494 e. The first-order valence-electron chi connectivity index (χ1n) is 11.2. The van der Waals surface area contributed by atoms with Gasteiger partial charge in [-0.15, -0.1) is 0 Å². The summed E-state index contributed by atoms with van der Waals surface area (Å²) >= 11 is 0. The highest BCUT2D eigenvalue weighted by atomic mass is 16.5. The smallest absolute Gasteiger partial charge is 0.227 e. The molecule has 1 fully saturated rings. The van der Waals surface area contributed by atoms with E-state index in [-0.39, 0.29) is 11.8 Å². The normalized spacial score (nSPS) is 16.1. The first-order chi connectivity index (χ1) is 15.7. The Balaban J connectivity index is 1.34. The van der Waals surface area contributed by atoms with Crippen molar-refractivity contribution in [2.24, 2.45) is 0 Å². The monoisotopic (exact) mass is 425 g/mol. The van der Waals surface area contributed by atoms with Gasteiger partial charge in [0.25, 0.3) is 0 Å². The average Bonchev–Trinajstić information content (AvgIpc) is 3.39. The molecule has 5 heteroatoms. The van der Waals surface area contributed by atoms with Gasteiger partial charge in [0, 0.05) is 31.1 Å². The molecule has 0 saturated carbocycles. The molecule has 1 aliphatic heterocycles. The number of benzene rings is 3. The highest BCUT2D eigenvalue weighted by molar-refractivity contribution is 5.96. The van der Waals surface area contributed by atoms with Crippen LogP contribution in [0.5, 0.6) is 5.75 Å². The van der Waals surface area contributed by atoms with Crippen LogP contribution in [0.25, 0.3) is 11.0 Å². The van der Waals surface area contributed by atoms with Gasteiger partial charge < -0.3 is 14.2 Å². The summed E-state index contributed by atoms with van der Waals surface area (Å²) < 4.78 is 8.21. The van der Waals surface area contributed by atoms with Crippen molar-refractivity contribution in [2.45, 2.75) is 32.2 Å². The van der Waals surface area contributed by atoms with Gasteiger partial charge in [-0.25, -0.2) is 4.98 Å². The van der Waals surface area contributed by atoms with Gasteiger partial charge in [0.1, 0.15) is 11.6 Å². The number of aryl methyl sites for hydroxylation is 2. The number of carbonyl (C=O) groups is 1. The molecule has 0 N–H and O–H groups in total. The van der Waals surface area contributed by atoms with Crippen LogP contribution in [-0.2, 0) is 11.3 Å². The molecule has 2 heterocycles. The van der Waals surface area contributed by atoms with Crippen LogP contribution in [0, 0.1) is 6.92 Å². The first-order valence-corrected chi connectivity index (χ1v) is 11.2. The molecule has 32 heavy (non-hydrogen) atoms. The predicted octanol–water partition coefficient (Wildman–Crippen LogP) is 5.33. The van der Waals surface area contributed by atoms with Crippen molar-refractivity contribution < 1.29 is 9.53 Å². The van der Waals surface area contributed by atoms with Crippen LogP contribution in [0.4, 0.5) is 5.69 Å². The summed E-state index contributed by atoms with van der Waals surface area (Å²) in [5, 5.41) is 0. The van der Waals surface area contributed by atoms with E-state index in [1.807, 2.05) is 65.6 Å². The number of fused-ring (bicyclic) bond motifs is 1. The lowest BCUT2D eigenvalue weighted by molar-refractivity contribution is -0.117. The Labute approximate surface area is 188 Å². The standard InChI is InChI=1S/C27H27N3O2/c1-20-12-14-23(15-13-20)32-17-7-16-29-25-11-6-5-10-24(25)28-27(29)21-18-26(31)30(19-21)22-8-3-2-4-9-22/h2-6,8-15,21H,7,16-19H2,1H3/t21-/m1/s1. The number of para-hydroxylation sites is 3. The predicted molar refractivity (Wildman–Crippen MR) is 127 cm³/mol. The van der Waals surface area contributed by atoms with E-state index in [1.165, 1.54) is 5.56 Å². The SMILES string of the molecule is Cc1ccc(OCCCn2c([C@@H]3CC(=O)N(c4ccccc4)C3)nc3ccccc32)cc1. The maximum Gasteiger partial charge on any atom is 0.227 e. The molecule has 1 atom stereocenters. The van der Waals surface area contributed by atoms with Crippen molar-refractivity contribution in [3.05, 3.63) is 90.3 Å². The summed E-state index contributed by atoms with van der Waals surface area (Å²) in [6, 6.07) is 26.3. The van der Waals surface area contributed by atoms with E-state index in [1.54, 1.807) is 0 Å². The fourth-order valence-corrected chi connectivity index (χ4v) is 4.43. The van der Waals surface area contributed by atoms with Crippen molar-refractivity contribution >= 4 is 22.6 Å². The molecule has 1 aliphatic rings. The number of aromatic nitrogens is 2. The zero-order valence-electron chi connectivity index (χ0n) is 18.3. The van der Waals surface area contributed by atoms with Gasteiger partial charge in [-0.1, -0.05) is 48.0 Å². The van der Waals surface area contributed by atoms with Crippen molar-refractivity contribution in [3.8, 4) is 5.75 Å². The van der Waals surface area contributed by atoms with Gasteiger partial charge >= 0.3 is 0 Å². The molecule has 0 aliphatic carbocycles. The van der Waals surface area contributed by atoms with E-state index in [0.717, 1.165) is 41.3 Å². The largest absolute Gasteiger partial charge is 0.494 e. The van der Waals surface area contributed by atoms with Gasteiger partial charge in [-0.3, -0.25) is 4.79 Å². The lowest BCUT2D eigenvalue weighted by Crippen LogP contribution is -2.24. The van der Waals surface area contributed by atoms with Crippen LogP contribution >= 0.6 is 0 Å². The Morgan fingerprint density at radius 3 is 2.53 bits per heavy atom. The summed E-state index contributed by atoms with van der Waals surface area (Å²) in [5.41, 5.74) is 4.27. The van der Waals surface area contributed by atoms with Crippen LogP contribution in [0.15, 0.2) is 78.9 Å². The average molecular weight is 426 g/mol. The number of amides is 1. The molecule has 1 aromatic heterocycles. The lowest BCUT2D eigenvalue weighted by atomic mass is 10.1. The Kier molecular flexibility index (Phi) is 5.63. The van der Waals surface area contributed by atoms with E-state index in [4.69, 9.17) is 9.72 Å². The Morgan fingerprint density at radius 2 is 1.72 bits per heavy atom. The molecule has 3 aromatic carbocycles. The molecule has 0 spiro atoms. The molecule has 0 unspecified atom stereocenters. The van der Waals surface area contributed by atoms with Crippen LogP contribution < -0.4 is 9.64 Å². The second-order valence-corrected chi connectivity index (χ2v) is 8.37. The number of nitrogens with zero attached hydrogens (tertiary/aromatic N) is 3. The number of carbonyl (C=O) groups excluding carboxylic acids is 1. The Hall–Kier alpha value is -3.60. The third-order valence-corrected chi connectivity index (χ3v) is 6.06. The van der Waals surface area contributed by atoms with Gasteiger partial charge in [0.2, 0.25) is 5.91 Å². The summed E-state index contributed by atoms with van der Waals surface area (Å²) in [5.74, 6) is 2.12. The molecule has 4 aromatic rings. The van der Waals surface area contributed by atoms with Crippen LogP contribution in [0.3, 0.4) is 0 Å². The number of anilines is 1. The minimum absolute atomic E-state index is 0.0770. The number of ether oxygens (including phenoxy) is 1. The quantitative estimate of drug-likeness (QED) is 0.376. The molecular weight excluding hydrogens is 398 g/mol. The molecule has 162 valence electrons. The highest BCUT2D eigenvalue weighted by Gasteiger charge is 2.34. The molecular formula is C27H27N3O2. The van der Waals surface area contributed by atoms with E-state index in [9.17, 15) is 4.79 Å². The Morgan fingerprint density at radius 1 is 0.969 bits per heavy atom. The van der Waals surface area contributed by atoms with Crippen LogP contribution in [0.1, 0.15) is 30.1 Å². The zero-order chi connectivity index (χ0) is 21.9. The van der Waals surface area contributed by atoms with E-state index < -0.39 is 0 Å². The summed E-state index contributed by atoms with van der Waals surface area (Å²) in [6.45, 7) is 4.17. The fraction of sp³-hybridized carbons (Fsp3) is 0.259. The van der Waals surface area contributed by atoms with Crippen LogP contribution in [-0.4, -0.2) is 28.6 Å². The first kappa shape index (κ1) is 20.3. The second-order valence-electron chi connectivity index (χ2n) is 8.37. The second kappa shape index (κ2) is 8.87. The van der Waals surface area contributed by atoms with Crippen molar-refractivity contribution in [1.29, 1.82) is 0 Å². The third kappa shape index (κ3) is 4.11. The van der Waals surface area contributed by atoms with Crippen molar-refractivity contribution in [3.63, 3.8) is 0 Å². The lowest BCUT2D eigenvalue weighted by Gasteiger charge is -2.17. The van der Waals surface area contributed by atoms with Gasteiger partial charge in [-0.05, 0) is 49.7 Å². The van der Waals surface area contributed by atoms with Crippen LogP contribution in [0.2, 0.25) is 0 Å². The topological polar surface area (TPSA) is 47.4 Å². The summed E-state index contributed by atoms with van der Waals surface area (Å²) in [7, 11) is 0. The van der Waals surface area contributed by atoms with Crippen molar-refractivity contribution in [1.82, 2.24) is 9.55 Å². The van der Waals surface area contributed by atoms with E-state index in [0.29, 0.717) is 19.6 Å². The van der Waals surface area contributed by atoms with E-state index >= 15 is 0 Å².